The Hall–Kier alpha value is -5.69. The van der Waals surface area contributed by atoms with Crippen molar-refractivity contribution in [2.75, 3.05) is 32.6 Å². The summed E-state index contributed by atoms with van der Waals surface area (Å²) in [4.78, 5) is 36.4. The van der Waals surface area contributed by atoms with E-state index in [4.69, 9.17) is 14.6 Å². The number of ether oxygens (including phenoxy) is 1. The van der Waals surface area contributed by atoms with Crippen LogP contribution in [0.25, 0.3) is 0 Å². The summed E-state index contributed by atoms with van der Waals surface area (Å²) in [5.41, 5.74) is 1.32. The number of aromatic nitrogens is 5. The number of methoxy groups -OCH3 is 1. The van der Waals surface area contributed by atoms with E-state index in [-0.39, 0.29) is 22.9 Å². The number of nitrogens with zero attached hydrogens (tertiary/aromatic N) is 7. The molecular formula is C32H33F3N8O5. The first kappa shape index (κ1) is 35.2. The van der Waals surface area contributed by atoms with Crippen LogP contribution in [0, 0.1) is 11.3 Å². The molecule has 0 saturated carbocycles. The number of hydrogen-bond donors (Lipinski definition) is 1. The molecule has 0 saturated heterocycles. The highest BCUT2D eigenvalue weighted by molar-refractivity contribution is 5.93. The van der Waals surface area contributed by atoms with E-state index < -0.39 is 35.9 Å². The van der Waals surface area contributed by atoms with Crippen molar-refractivity contribution in [2.24, 2.45) is 7.05 Å². The lowest BCUT2D eigenvalue weighted by Gasteiger charge is -2.36. The van der Waals surface area contributed by atoms with Gasteiger partial charge < -0.3 is 19.1 Å². The Morgan fingerprint density at radius 1 is 1.21 bits per heavy atom. The van der Waals surface area contributed by atoms with E-state index in [1.165, 1.54) is 28.7 Å². The number of anilines is 2. The third kappa shape index (κ3) is 7.31. The Balaban J connectivity index is 0.00000167. The molecule has 0 bridgehead atoms. The fraction of sp³-hybridized carbons (Fsp3) is 0.312. The number of nitrogens with one attached hydrogen (secondary N) is 1. The monoisotopic (exact) mass is 666 g/mol. The number of aryl methyl sites for hydroxylation is 1. The highest BCUT2D eigenvalue weighted by Crippen LogP contribution is 2.43. The lowest BCUT2D eigenvalue weighted by Crippen LogP contribution is -2.41. The van der Waals surface area contributed by atoms with Crippen molar-refractivity contribution in [3.05, 3.63) is 104 Å². The van der Waals surface area contributed by atoms with E-state index in [9.17, 15) is 28.0 Å². The van der Waals surface area contributed by atoms with Gasteiger partial charge in [0.25, 0.3) is 0 Å². The summed E-state index contributed by atoms with van der Waals surface area (Å²) in [6, 6.07) is 12.6. The van der Waals surface area contributed by atoms with E-state index in [1.807, 2.05) is 19.3 Å². The Morgan fingerprint density at radius 3 is 2.52 bits per heavy atom. The minimum absolute atomic E-state index is 0.00366. The number of hydrogen-bond acceptors (Lipinski definition) is 9. The smallest absolute Gasteiger partial charge is 0.416 e. The molecule has 0 unspecified atom stereocenters. The number of esters is 1. The van der Waals surface area contributed by atoms with Crippen LogP contribution in [0.3, 0.4) is 0 Å². The van der Waals surface area contributed by atoms with Crippen molar-refractivity contribution in [3.63, 3.8) is 0 Å². The van der Waals surface area contributed by atoms with Gasteiger partial charge in [0.15, 0.2) is 0 Å². The summed E-state index contributed by atoms with van der Waals surface area (Å²) in [5, 5.41) is 29.0. The molecule has 16 heteroatoms. The van der Waals surface area contributed by atoms with Gasteiger partial charge in [-0.2, -0.15) is 23.5 Å². The number of H-pyrrole nitrogens is 1. The predicted octanol–water partition coefficient (Wildman–Crippen LogP) is 2.57. The highest BCUT2D eigenvalue weighted by atomic mass is 19.4. The zero-order valence-corrected chi connectivity index (χ0v) is 26.8. The molecule has 1 aliphatic rings. The molecule has 0 radical (unpaired) electrons. The van der Waals surface area contributed by atoms with Crippen molar-refractivity contribution in [1.82, 2.24) is 24.5 Å². The first-order valence-electron chi connectivity index (χ1n) is 14.5. The number of alkyl halides is 3. The molecule has 48 heavy (non-hydrogen) atoms. The van der Waals surface area contributed by atoms with Gasteiger partial charge in [0.1, 0.15) is 18.3 Å². The van der Waals surface area contributed by atoms with Crippen LogP contribution in [0.4, 0.5) is 24.8 Å². The quantitative estimate of drug-likeness (QED) is 0.169. The van der Waals surface area contributed by atoms with E-state index in [1.54, 1.807) is 29.8 Å². The molecule has 0 spiro atoms. The number of likely N-dealkylation sites (N-methyl/N-ethyl adjacent to an activating group) is 1. The number of aromatic amines is 1. The van der Waals surface area contributed by atoms with Crippen molar-refractivity contribution in [3.8, 4) is 6.07 Å². The lowest BCUT2D eigenvalue weighted by molar-refractivity contribution is -0.903. The van der Waals surface area contributed by atoms with E-state index in [2.05, 4.69) is 35.5 Å². The van der Waals surface area contributed by atoms with Crippen LogP contribution in [0.2, 0.25) is 0 Å². The maximum atomic E-state index is 13.7. The summed E-state index contributed by atoms with van der Waals surface area (Å²) < 4.78 is 49.6. The van der Waals surface area contributed by atoms with Crippen LogP contribution < -0.4 is 15.7 Å². The molecule has 2 aromatic carbocycles. The van der Waals surface area contributed by atoms with Crippen LogP contribution in [-0.2, 0) is 40.5 Å². The van der Waals surface area contributed by atoms with Crippen LogP contribution in [0.1, 0.15) is 40.9 Å². The third-order valence-corrected chi connectivity index (χ3v) is 7.89. The SMILES string of the molecule is COC(=O)C1=C(C)N(c2cccc(C(F)(F)F)c2)c2n[nH]c(=O)n2[C@@H]1c1ccc(C#N)cc1CC[N+](C)(C)Cc1ccn(C)n1.O=C[O-]. The number of quaternary nitrogens is 1. The Labute approximate surface area is 273 Å². The molecule has 1 N–H and O–H groups in total. The fourth-order valence-electron chi connectivity index (χ4n) is 5.73. The standard InChI is InChI=1S/C31H31F3N8O3.CH2O2/c1-19-26(28(43)45-5)27(41-29(36-37-30(41)44)40(19)24-8-6-7-22(16-24)31(32,33)34)25-10-9-20(17-35)15-21(25)12-14-42(3,4)18-23-11-13-39(2)38-23;2-1-3/h6-11,13,15-16,27H,12,14,18H2,1-5H3;1H,(H,2,3)/t27-;/m1./s1. The zero-order chi connectivity index (χ0) is 35.4. The number of halogens is 3. The van der Waals surface area contributed by atoms with Gasteiger partial charge in [-0.15, -0.1) is 5.10 Å². The molecule has 0 aliphatic carbocycles. The second kappa shape index (κ2) is 14.0. The van der Waals surface area contributed by atoms with E-state index >= 15 is 0 Å². The largest absolute Gasteiger partial charge is 0.554 e. The van der Waals surface area contributed by atoms with Crippen molar-refractivity contribution < 1.29 is 37.1 Å². The van der Waals surface area contributed by atoms with Crippen LogP contribution in [0.15, 0.2) is 70.8 Å². The third-order valence-electron chi connectivity index (χ3n) is 7.89. The number of rotatable bonds is 8. The van der Waals surface area contributed by atoms with E-state index in [0.29, 0.717) is 40.7 Å². The molecule has 13 nitrogen and oxygen atoms in total. The molecule has 4 aromatic rings. The average molecular weight is 667 g/mol. The normalized spacial score (nSPS) is 14.5. The van der Waals surface area contributed by atoms with Crippen molar-refractivity contribution >= 4 is 24.1 Å². The minimum Gasteiger partial charge on any atom is -0.554 e. The average Bonchev–Trinajstić information content (AvgIpc) is 3.62. The topological polar surface area (TPSA) is 162 Å². The summed E-state index contributed by atoms with van der Waals surface area (Å²) >= 11 is 0. The summed E-state index contributed by atoms with van der Waals surface area (Å²) in [6.07, 6.45) is -2.28. The number of nitriles is 1. The van der Waals surface area contributed by atoms with Gasteiger partial charge >= 0.3 is 17.8 Å². The predicted molar refractivity (Wildman–Crippen MR) is 164 cm³/mol. The first-order valence-corrected chi connectivity index (χ1v) is 14.5. The van der Waals surface area contributed by atoms with Crippen LogP contribution in [0.5, 0.6) is 0 Å². The first-order chi connectivity index (χ1) is 22.6. The fourth-order valence-corrected chi connectivity index (χ4v) is 5.73. The van der Waals surface area contributed by atoms with Gasteiger partial charge in [0.2, 0.25) is 5.95 Å². The van der Waals surface area contributed by atoms with Crippen molar-refractivity contribution in [2.45, 2.75) is 32.1 Å². The van der Waals surface area contributed by atoms with Gasteiger partial charge in [-0.05, 0) is 54.4 Å². The molecule has 0 amide bonds. The maximum Gasteiger partial charge on any atom is 0.416 e. The molecule has 2 aromatic heterocycles. The number of benzene rings is 2. The van der Waals surface area contributed by atoms with Gasteiger partial charge in [0.05, 0.1) is 50.5 Å². The highest BCUT2D eigenvalue weighted by Gasteiger charge is 2.41. The Morgan fingerprint density at radius 2 is 1.92 bits per heavy atom. The number of fused-ring (bicyclic) bond motifs is 1. The molecule has 1 aliphatic heterocycles. The van der Waals surface area contributed by atoms with E-state index in [0.717, 1.165) is 17.8 Å². The summed E-state index contributed by atoms with van der Waals surface area (Å²) in [6.45, 7) is 2.32. The molecule has 3 heterocycles. The van der Waals surface area contributed by atoms with Crippen molar-refractivity contribution in [1.29, 1.82) is 5.26 Å². The molecule has 0 fully saturated rings. The molecule has 252 valence electrons. The molecule has 5 rings (SSSR count). The van der Waals surface area contributed by atoms with Gasteiger partial charge in [-0.1, -0.05) is 12.1 Å². The zero-order valence-electron chi connectivity index (χ0n) is 26.8. The Kier molecular flexibility index (Phi) is 10.2. The van der Waals surface area contributed by atoms with Gasteiger partial charge in [0, 0.05) is 37.5 Å². The second-order valence-corrected chi connectivity index (χ2v) is 11.6. The van der Waals surface area contributed by atoms with Crippen LogP contribution >= 0.6 is 0 Å². The molecule has 1 atom stereocenters. The number of allylic oxidation sites excluding steroid dienone is 1. The number of carboxylic acid groups (broad SMARTS) is 1. The number of carbonyl (C=O) groups excluding carboxylic acids is 2. The van der Waals surface area contributed by atoms with Gasteiger partial charge in [-0.25, -0.2) is 19.3 Å². The van der Waals surface area contributed by atoms with Crippen LogP contribution in [-0.4, -0.2) is 69.2 Å². The lowest BCUT2D eigenvalue weighted by atomic mass is 9.89. The Bertz CT molecular complexity index is 1950. The summed E-state index contributed by atoms with van der Waals surface area (Å²) in [7, 11) is 7.15. The second-order valence-electron chi connectivity index (χ2n) is 11.6. The molecular weight excluding hydrogens is 633 g/mol. The minimum atomic E-state index is -4.62. The summed E-state index contributed by atoms with van der Waals surface area (Å²) in [5.74, 6) is -0.772. The van der Waals surface area contributed by atoms with Gasteiger partial charge in [-0.3, -0.25) is 9.58 Å². The maximum absolute atomic E-state index is 13.7. The number of carbonyl (C=O) groups is 2.